The number of carbonyl (C=O) groups is 3. The summed E-state index contributed by atoms with van der Waals surface area (Å²) in [5.41, 5.74) is 8.92. The van der Waals surface area contributed by atoms with Crippen molar-refractivity contribution in [3.05, 3.63) is 58.2 Å². The number of hydrogen-bond donors (Lipinski definition) is 3. The van der Waals surface area contributed by atoms with Crippen molar-refractivity contribution in [3.8, 4) is 22.5 Å². The van der Waals surface area contributed by atoms with E-state index in [-0.39, 0.29) is 48.7 Å². The van der Waals surface area contributed by atoms with Gasteiger partial charge in [0.1, 0.15) is 12.1 Å². The van der Waals surface area contributed by atoms with Crippen LogP contribution in [-0.4, -0.2) is 80.9 Å². The fraction of sp³-hybridized carbons (Fsp3) is 0.537. The van der Waals surface area contributed by atoms with Crippen molar-refractivity contribution >= 4 is 40.0 Å². The molecule has 4 aromatic rings. The van der Waals surface area contributed by atoms with Crippen LogP contribution in [0.15, 0.2) is 41.9 Å². The van der Waals surface area contributed by atoms with Crippen LogP contribution in [-0.2, 0) is 43.2 Å². The lowest BCUT2D eigenvalue weighted by Gasteiger charge is -2.35. The van der Waals surface area contributed by atoms with Gasteiger partial charge < -0.3 is 24.5 Å². The normalized spacial score (nSPS) is 25.5. The van der Waals surface area contributed by atoms with E-state index in [9.17, 15) is 19.5 Å². The van der Waals surface area contributed by atoms with Gasteiger partial charge >= 0.3 is 5.97 Å². The number of pyridine rings is 1. The highest BCUT2D eigenvalue weighted by molar-refractivity contribution is 7.10. The molecule has 2 fully saturated rings. The number of ether oxygens (including phenoxy) is 2. The van der Waals surface area contributed by atoms with Gasteiger partial charge in [-0.1, -0.05) is 33.8 Å². The molecule has 0 radical (unpaired) electrons. The van der Waals surface area contributed by atoms with Gasteiger partial charge in [-0.3, -0.25) is 24.4 Å². The number of nitrogens with one attached hydrogen (secondary N) is 2. The predicted octanol–water partition coefficient (Wildman–Crippen LogP) is 5.47. The Hall–Kier alpha value is -4.17. The van der Waals surface area contributed by atoms with Crippen molar-refractivity contribution in [3.63, 3.8) is 0 Å². The molecule has 5 heterocycles. The number of aromatic nitrogens is 3. The number of aliphatic hydroxyl groups excluding tert-OH is 1. The first-order valence-corrected chi connectivity index (χ1v) is 19.9. The third kappa shape index (κ3) is 7.56. The van der Waals surface area contributed by atoms with Crippen LogP contribution in [0.2, 0.25) is 0 Å². The van der Waals surface area contributed by atoms with Crippen molar-refractivity contribution in [2.45, 2.75) is 98.1 Å². The van der Waals surface area contributed by atoms with E-state index in [1.807, 2.05) is 24.4 Å². The number of hydrazine groups is 1. The van der Waals surface area contributed by atoms with Crippen molar-refractivity contribution in [1.82, 2.24) is 30.3 Å². The van der Waals surface area contributed by atoms with Gasteiger partial charge in [-0.25, -0.2) is 10.4 Å². The molecular weight excluding hydrogens is 705 g/mol. The summed E-state index contributed by atoms with van der Waals surface area (Å²) < 4.78 is 14.0. The maximum atomic E-state index is 14.1. The Kier molecular flexibility index (Phi) is 10.7. The molecule has 3 N–H and O–H groups in total. The number of nitrogens with zero attached hydrogens (tertiary/aromatic N) is 4. The van der Waals surface area contributed by atoms with Gasteiger partial charge in [-0.2, -0.15) is 0 Å². The van der Waals surface area contributed by atoms with Gasteiger partial charge in [-0.05, 0) is 74.8 Å². The lowest BCUT2D eigenvalue weighted by atomic mass is 9.84. The molecule has 0 unspecified atom stereocenters. The number of methoxy groups -OCH3 is 1. The zero-order chi connectivity index (χ0) is 38.5. The Labute approximate surface area is 320 Å². The van der Waals surface area contributed by atoms with Gasteiger partial charge in [0, 0.05) is 71.6 Å². The second-order valence-electron chi connectivity index (χ2n) is 16.2. The number of rotatable bonds is 7. The third-order valence-electron chi connectivity index (χ3n) is 11.4. The molecule has 288 valence electrons. The van der Waals surface area contributed by atoms with Crippen LogP contribution in [0.5, 0.6) is 0 Å². The fourth-order valence-corrected chi connectivity index (χ4v) is 8.95. The highest BCUT2D eigenvalue weighted by Gasteiger charge is 2.49. The molecule has 13 heteroatoms. The molecule has 1 aromatic carbocycles. The van der Waals surface area contributed by atoms with Gasteiger partial charge in [0.05, 0.1) is 40.9 Å². The number of benzene rings is 1. The van der Waals surface area contributed by atoms with E-state index >= 15 is 0 Å². The van der Waals surface area contributed by atoms with E-state index in [1.165, 1.54) is 16.3 Å². The van der Waals surface area contributed by atoms with Crippen molar-refractivity contribution in [2.24, 2.45) is 23.2 Å². The average molecular weight is 757 g/mol. The summed E-state index contributed by atoms with van der Waals surface area (Å²) >= 11 is 1.46. The smallest absolute Gasteiger partial charge is 0.324 e. The van der Waals surface area contributed by atoms with Crippen molar-refractivity contribution in [2.75, 3.05) is 20.3 Å². The lowest BCUT2D eigenvalue weighted by molar-refractivity contribution is -0.155. The Morgan fingerprint density at radius 1 is 1.20 bits per heavy atom. The summed E-state index contributed by atoms with van der Waals surface area (Å²) in [6.45, 7) is 12.9. The number of cyclic esters (lactones) is 1. The molecule has 0 spiro atoms. The zero-order valence-corrected chi connectivity index (χ0v) is 33.0. The summed E-state index contributed by atoms with van der Waals surface area (Å²) in [7, 11) is 1.67. The lowest BCUT2D eigenvalue weighted by Crippen LogP contribution is -2.60. The molecule has 7 atom stereocenters. The molecule has 6 bridgehead atoms. The van der Waals surface area contributed by atoms with Crippen LogP contribution in [0.3, 0.4) is 0 Å². The number of fused-ring (bicyclic) bond motifs is 6. The fourth-order valence-electron chi connectivity index (χ4n) is 8.10. The SMILES string of the molecule is CO[C@@H](C)c1ncccc1-c1c2c3cc(ccc3n1C[C@@H](C)O)-c1csc(n1)C[C@H](NC(=O)[C@H]1[C@H](C)[C@@H]1C)C(=O)N1CCC[C@H](N1)C(=O)OCC(C)(C)C2. The van der Waals surface area contributed by atoms with Crippen LogP contribution in [0.25, 0.3) is 33.4 Å². The van der Waals surface area contributed by atoms with Crippen LogP contribution in [0, 0.1) is 23.2 Å². The van der Waals surface area contributed by atoms with E-state index in [0.29, 0.717) is 32.4 Å². The van der Waals surface area contributed by atoms with Gasteiger partial charge in [0.15, 0.2) is 0 Å². The maximum absolute atomic E-state index is 14.1. The van der Waals surface area contributed by atoms with E-state index in [0.717, 1.165) is 49.7 Å². The summed E-state index contributed by atoms with van der Waals surface area (Å²) in [6.07, 6.45) is 2.74. The number of carbonyl (C=O) groups excluding carboxylic acids is 3. The number of aliphatic hydroxyl groups is 1. The van der Waals surface area contributed by atoms with Gasteiger partial charge in [0.25, 0.3) is 5.91 Å². The van der Waals surface area contributed by atoms with Crippen LogP contribution in [0.4, 0.5) is 0 Å². The van der Waals surface area contributed by atoms with Crippen LogP contribution >= 0.6 is 11.3 Å². The molecule has 1 saturated heterocycles. The largest absolute Gasteiger partial charge is 0.464 e. The molecule has 2 aliphatic heterocycles. The second kappa shape index (κ2) is 15.2. The molecule has 2 amide bonds. The first kappa shape index (κ1) is 38.1. The molecule has 3 aliphatic rings. The zero-order valence-electron chi connectivity index (χ0n) is 32.2. The third-order valence-corrected chi connectivity index (χ3v) is 12.3. The van der Waals surface area contributed by atoms with Crippen molar-refractivity contribution < 1.29 is 29.0 Å². The molecule has 3 aromatic heterocycles. The molecule has 54 heavy (non-hydrogen) atoms. The first-order chi connectivity index (χ1) is 25.8. The Balaban J connectivity index is 1.37. The monoisotopic (exact) mass is 756 g/mol. The average Bonchev–Trinajstić information content (AvgIpc) is 3.42. The molecule has 1 aliphatic carbocycles. The standard InChI is InChI=1S/C41H52N6O6S/c1-22(48)19-46-33-13-12-26-16-28(33)29(37(46)27-10-8-14-42-36(27)25(4)52-7)18-41(5,6)21-53-40(51)30-11-9-15-47(45-30)39(50)31(17-34-43-32(26)20-54-34)44-38(49)35-23(2)24(35)3/h8,10,12-14,16,20,22-25,30-31,35,45,48H,9,11,15,17-19,21H2,1-7H3,(H,44,49)/t22-,23-,24+,25+,30+,31+,35+/m1/s1. The molecule has 7 rings (SSSR count). The van der Waals surface area contributed by atoms with Crippen molar-refractivity contribution in [1.29, 1.82) is 0 Å². The van der Waals surface area contributed by atoms with Crippen LogP contribution < -0.4 is 10.7 Å². The number of hydrogen-bond acceptors (Lipinski definition) is 10. The summed E-state index contributed by atoms with van der Waals surface area (Å²) in [4.78, 5) is 50.9. The molecule has 1 saturated carbocycles. The van der Waals surface area contributed by atoms with Crippen LogP contribution in [0.1, 0.15) is 76.8 Å². The minimum absolute atomic E-state index is 0.130. The van der Waals surface area contributed by atoms with E-state index in [4.69, 9.17) is 19.4 Å². The number of thiazole rings is 1. The Morgan fingerprint density at radius 2 is 1.98 bits per heavy atom. The Morgan fingerprint density at radius 3 is 2.70 bits per heavy atom. The second-order valence-corrected chi connectivity index (χ2v) is 17.2. The van der Waals surface area contributed by atoms with E-state index in [1.54, 1.807) is 20.2 Å². The number of esters is 1. The predicted molar refractivity (Wildman–Crippen MR) is 207 cm³/mol. The topological polar surface area (TPSA) is 148 Å². The summed E-state index contributed by atoms with van der Waals surface area (Å²) in [5, 5.41) is 19.1. The molecular formula is C41H52N6O6S. The minimum Gasteiger partial charge on any atom is -0.464 e. The summed E-state index contributed by atoms with van der Waals surface area (Å²) in [5.74, 6) is -0.469. The molecule has 12 nitrogen and oxygen atoms in total. The summed E-state index contributed by atoms with van der Waals surface area (Å²) in [6, 6.07) is 8.67. The highest BCUT2D eigenvalue weighted by Crippen LogP contribution is 2.46. The maximum Gasteiger partial charge on any atom is 0.324 e. The Bertz CT molecular complexity index is 2050. The quantitative estimate of drug-likeness (QED) is 0.209. The van der Waals surface area contributed by atoms with Gasteiger partial charge in [0.2, 0.25) is 5.91 Å². The van der Waals surface area contributed by atoms with E-state index in [2.05, 4.69) is 61.2 Å². The first-order valence-electron chi connectivity index (χ1n) is 19.1. The minimum atomic E-state index is -0.856. The number of amides is 2. The highest BCUT2D eigenvalue weighted by atomic mass is 32.1. The van der Waals surface area contributed by atoms with E-state index < -0.39 is 29.6 Å². The van der Waals surface area contributed by atoms with Gasteiger partial charge in [-0.15, -0.1) is 11.3 Å².